The Morgan fingerprint density at radius 1 is 1.27 bits per heavy atom. The number of aryl methyl sites for hydroxylation is 1. The van der Waals surface area contributed by atoms with Crippen molar-refractivity contribution < 1.29 is 0 Å². The summed E-state index contributed by atoms with van der Waals surface area (Å²) in [5.41, 5.74) is 1.22. The van der Waals surface area contributed by atoms with Crippen LogP contribution >= 0.6 is 22.9 Å². The summed E-state index contributed by atoms with van der Waals surface area (Å²) in [6.45, 7) is 3.71. The van der Waals surface area contributed by atoms with Gasteiger partial charge in [-0.25, -0.2) is 4.98 Å². The molecule has 0 spiro atoms. The summed E-state index contributed by atoms with van der Waals surface area (Å²) in [5, 5.41) is 8.54. The molecule has 2 rings (SSSR count). The minimum Gasteiger partial charge on any atom is -0.356 e. The lowest BCUT2D eigenvalue weighted by Crippen LogP contribution is -2.39. The van der Waals surface area contributed by atoms with Crippen molar-refractivity contribution in [2.75, 3.05) is 20.1 Å². The number of nitrogens with one attached hydrogen (secondary N) is 2. The van der Waals surface area contributed by atoms with Gasteiger partial charge in [0.2, 0.25) is 0 Å². The highest BCUT2D eigenvalue weighted by Crippen LogP contribution is 2.11. The maximum absolute atomic E-state index is 5.98. The van der Waals surface area contributed by atoms with Crippen molar-refractivity contribution >= 4 is 28.9 Å². The molecule has 0 radical (unpaired) electrons. The Morgan fingerprint density at radius 2 is 2.05 bits per heavy atom. The van der Waals surface area contributed by atoms with Crippen LogP contribution in [-0.4, -0.2) is 31.1 Å². The predicted molar refractivity (Wildman–Crippen MR) is 95.1 cm³/mol. The van der Waals surface area contributed by atoms with Gasteiger partial charge in [-0.05, 0) is 31.0 Å². The monoisotopic (exact) mass is 336 g/mol. The molecular weight excluding hydrogens is 316 g/mol. The SMILES string of the molecule is CN=C(NCCc1cccc(Cl)c1)NCCc1ncc(C)s1. The summed E-state index contributed by atoms with van der Waals surface area (Å²) in [6, 6.07) is 7.93. The zero-order valence-electron chi connectivity index (χ0n) is 12.9. The maximum atomic E-state index is 5.98. The minimum absolute atomic E-state index is 0.777. The number of benzene rings is 1. The van der Waals surface area contributed by atoms with Gasteiger partial charge < -0.3 is 10.6 Å². The van der Waals surface area contributed by atoms with E-state index < -0.39 is 0 Å². The van der Waals surface area contributed by atoms with Gasteiger partial charge in [0.15, 0.2) is 5.96 Å². The number of aliphatic imine (C=N–C) groups is 1. The van der Waals surface area contributed by atoms with Crippen LogP contribution in [0.5, 0.6) is 0 Å². The van der Waals surface area contributed by atoms with Gasteiger partial charge in [0.25, 0.3) is 0 Å². The molecule has 0 aliphatic heterocycles. The summed E-state index contributed by atoms with van der Waals surface area (Å²) in [5.74, 6) is 0.815. The molecule has 118 valence electrons. The van der Waals surface area contributed by atoms with Crippen molar-refractivity contribution in [3.8, 4) is 0 Å². The van der Waals surface area contributed by atoms with E-state index >= 15 is 0 Å². The molecule has 0 saturated carbocycles. The second-order valence-electron chi connectivity index (χ2n) is 4.92. The van der Waals surface area contributed by atoms with Gasteiger partial charge in [0.05, 0.1) is 5.01 Å². The zero-order valence-corrected chi connectivity index (χ0v) is 14.5. The van der Waals surface area contributed by atoms with Crippen LogP contribution in [0.25, 0.3) is 0 Å². The van der Waals surface area contributed by atoms with Gasteiger partial charge in [-0.15, -0.1) is 11.3 Å². The number of hydrogen-bond donors (Lipinski definition) is 2. The third kappa shape index (κ3) is 5.66. The van der Waals surface area contributed by atoms with Crippen molar-refractivity contribution in [3.63, 3.8) is 0 Å². The smallest absolute Gasteiger partial charge is 0.191 e. The molecule has 0 bridgehead atoms. The van der Waals surface area contributed by atoms with E-state index in [1.54, 1.807) is 18.4 Å². The Labute approximate surface area is 140 Å². The molecule has 0 saturated heterocycles. The normalized spacial score (nSPS) is 11.5. The fourth-order valence-corrected chi connectivity index (χ4v) is 3.04. The lowest BCUT2D eigenvalue weighted by molar-refractivity contribution is 0.782. The molecule has 0 unspecified atom stereocenters. The molecule has 1 aromatic carbocycles. The molecule has 4 nitrogen and oxygen atoms in total. The van der Waals surface area contributed by atoms with Gasteiger partial charge >= 0.3 is 0 Å². The van der Waals surface area contributed by atoms with Gasteiger partial charge in [-0.1, -0.05) is 23.7 Å². The average Bonchev–Trinajstić information content (AvgIpc) is 2.91. The first-order valence-corrected chi connectivity index (χ1v) is 8.47. The van der Waals surface area contributed by atoms with E-state index in [0.717, 1.165) is 41.9 Å². The molecule has 0 atom stereocenters. The van der Waals surface area contributed by atoms with Gasteiger partial charge in [0, 0.05) is 42.7 Å². The Balaban J connectivity index is 1.69. The molecule has 2 aromatic rings. The van der Waals surface area contributed by atoms with Crippen LogP contribution in [0.15, 0.2) is 35.5 Å². The Bertz CT molecular complexity index is 624. The Morgan fingerprint density at radius 3 is 2.68 bits per heavy atom. The van der Waals surface area contributed by atoms with Crippen LogP contribution in [-0.2, 0) is 12.8 Å². The Kier molecular flexibility index (Phi) is 6.68. The van der Waals surface area contributed by atoms with Crippen LogP contribution in [0.2, 0.25) is 5.02 Å². The van der Waals surface area contributed by atoms with Crippen LogP contribution in [0.3, 0.4) is 0 Å². The first-order chi connectivity index (χ1) is 10.7. The summed E-state index contributed by atoms with van der Waals surface area (Å²) in [7, 11) is 1.78. The lowest BCUT2D eigenvalue weighted by Gasteiger charge is -2.11. The van der Waals surface area contributed by atoms with Crippen molar-refractivity contribution in [1.82, 2.24) is 15.6 Å². The number of thiazole rings is 1. The minimum atomic E-state index is 0.777. The topological polar surface area (TPSA) is 49.3 Å². The van der Waals surface area contributed by atoms with Crippen LogP contribution in [0, 0.1) is 6.92 Å². The standard InChI is InChI=1S/C16H21ClN4S/c1-12-11-21-15(22-12)7-9-20-16(18-2)19-8-6-13-4-3-5-14(17)10-13/h3-5,10-11H,6-9H2,1-2H3,(H2,18,19,20). The molecule has 1 aromatic heterocycles. The van der Waals surface area contributed by atoms with Crippen molar-refractivity contribution in [3.05, 3.63) is 50.9 Å². The van der Waals surface area contributed by atoms with Crippen LogP contribution in [0.4, 0.5) is 0 Å². The quantitative estimate of drug-likeness (QED) is 0.629. The van der Waals surface area contributed by atoms with Gasteiger partial charge in [-0.2, -0.15) is 0 Å². The molecule has 0 aliphatic carbocycles. The average molecular weight is 337 g/mol. The lowest BCUT2D eigenvalue weighted by atomic mass is 10.1. The number of halogens is 1. The summed E-state index contributed by atoms with van der Waals surface area (Å²) < 4.78 is 0. The molecule has 0 aliphatic rings. The summed E-state index contributed by atoms with van der Waals surface area (Å²) >= 11 is 7.72. The number of hydrogen-bond acceptors (Lipinski definition) is 3. The van der Waals surface area contributed by atoms with Gasteiger partial charge in [0.1, 0.15) is 0 Å². The van der Waals surface area contributed by atoms with E-state index in [1.807, 2.05) is 24.4 Å². The van der Waals surface area contributed by atoms with E-state index in [-0.39, 0.29) is 0 Å². The first-order valence-electron chi connectivity index (χ1n) is 7.27. The molecular formula is C16H21ClN4S. The third-order valence-corrected chi connectivity index (χ3v) is 4.33. The fourth-order valence-electron chi connectivity index (χ4n) is 2.04. The van der Waals surface area contributed by atoms with E-state index in [4.69, 9.17) is 11.6 Å². The van der Waals surface area contributed by atoms with Crippen molar-refractivity contribution in [2.24, 2.45) is 4.99 Å². The van der Waals surface area contributed by atoms with Crippen LogP contribution < -0.4 is 10.6 Å². The largest absolute Gasteiger partial charge is 0.356 e. The number of nitrogens with zero attached hydrogens (tertiary/aromatic N) is 2. The third-order valence-electron chi connectivity index (χ3n) is 3.12. The predicted octanol–water partition coefficient (Wildman–Crippen LogP) is 3.06. The second kappa shape index (κ2) is 8.76. The molecule has 2 N–H and O–H groups in total. The molecule has 1 heterocycles. The molecule has 22 heavy (non-hydrogen) atoms. The van der Waals surface area contributed by atoms with E-state index in [9.17, 15) is 0 Å². The highest BCUT2D eigenvalue weighted by molar-refractivity contribution is 7.11. The molecule has 0 fully saturated rings. The number of guanidine groups is 1. The highest BCUT2D eigenvalue weighted by atomic mass is 35.5. The number of aromatic nitrogens is 1. The Hall–Kier alpha value is -1.59. The van der Waals surface area contributed by atoms with Crippen molar-refractivity contribution in [1.29, 1.82) is 0 Å². The van der Waals surface area contributed by atoms with E-state index in [0.29, 0.717) is 0 Å². The van der Waals surface area contributed by atoms with Crippen LogP contribution in [0.1, 0.15) is 15.4 Å². The maximum Gasteiger partial charge on any atom is 0.191 e. The molecule has 0 amide bonds. The summed E-state index contributed by atoms with van der Waals surface area (Å²) in [4.78, 5) is 9.83. The number of rotatable bonds is 6. The summed E-state index contributed by atoms with van der Waals surface area (Å²) in [6.07, 6.45) is 3.73. The first kappa shape index (κ1) is 16.8. The zero-order chi connectivity index (χ0) is 15.8. The molecule has 6 heteroatoms. The van der Waals surface area contributed by atoms with E-state index in [2.05, 4.69) is 33.6 Å². The fraction of sp³-hybridized carbons (Fsp3) is 0.375. The van der Waals surface area contributed by atoms with Gasteiger partial charge in [-0.3, -0.25) is 4.99 Å². The highest BCUT2D eigenvalue weighted by Gasteiger charge is 2.01. The van der Waals surface area contributed by atoms with E-state index in [1.165, 1.54) is 10.4 Å². The second-order valence-corrected chi connectivity index (χ2v) is 6.68. The van der Waals surface area contributed by atoms with Crippen molar-refractivity contribution in [2.45, 2.75) is 19.8 Å².